The maximum absolute atomic E-state index is 12.7. The van der Waals surface area contributed by atoms with Gasteiger partial charge in [0.05, 0.1) is 24.8 Å². The second-order valence-corrected chi connectivity index (χ2v) is 12.2. The van der Waals surface area contributed by atoms with Gasteiger partial charge in [-0.3, -0.25) is 19.4 Å². The zero-order valence-corrected chi connectivity index (χ0v) is 26.2. The first-order valence-electron chi connectivity index (χ1n) is 12.9. The van der Waals surface area contributed by atoms with Gasteiger partial charge in [0.15, 0.2) is 0 Å². The van der Waals surface area contributed by atoms with Crippen molar-refractivity contribution in [2.45, 2.75) is 64.3 Å². The first kappa shape index (κ1) is 33.1. The van der Waals surface area contributed by atoms with Crippen LogP contribution in [0.1, 0.15) is 58.9 Å². The number of benzene rings is 2. The monoisotopic (exact) mass is 598 g/mol. The van der Waals surface area contributed by atoms with Crippen LogP contribution in [0.5, 0.6) is 11.5 Å². The van der Waals surface area contributed by atoms with E-state index < -0.39 is 5.41 Å². The van der Waals surface area contributed by atoms with Crippen molar-refractivity contribution in [1.82, 2.24) is 4.90 Å². The average Bonchev–Trinajstić information content (AvgIpc) is 3.23. The molecule has 0 aliphatic carbocycles. The normalized spacial score (nSPS) is 14.7. The minimum Gasteiger partial charge on any atom is -0.497 e. The van der Waals surface area contributed by atoms with Crippen LogP contribution in [-0.4, -0.2) is 56.2 Å². The van der Waals surface area contributed by atoms with Crippen molar-refractivity contribution in [2.75, 3.05) is 38.3 Å². The second kappa shape index (κ2) is 14.5. The summed E-state index contributed by atoms with van der Waals surface area (Å²) < 4.78 is 17.2. The number of methoxy groups -OCH3 is 1. The van der Waals surface area contributed by atoms with E-state index in [4.69, 9.17) is 25.8 Å². The molecule has 2 aromatic carbocycles. The summed E-state index contributed by atoms with van der Waals surface area (Å²) in [6, 6.07) is 11.6. The number of carbonyl (C=O) groups excluding carboxylic acids is 2. The SMILES string of the molecule is COc1ccc(OCCCN(CCOC(=O)C(C)(C)C)C(C)C)c(C2Sc3cc(Cl)ccc3N2C(C)=O)c1.Cl. The highest BCUT2D eigenvalue weighted by atomic mass is 35.5. The Morgan fingerprint density at radius 1 is 1.10 bits per heavy atom. The Hall–Kier alpha value is -2.13. The van der Waals surface area contributed by atoms with Gasteiger partial charge in [0, 0.05) is 41.5 Å². The van der Waals surface area contributed by atoms with Gasteiger partial charge in [0.2, 0.25) is 5.91 Å². The number of anilines is 1. The van der Waals surface area contributed by atoms with Crippen molar-refractivity contribution < 1.29 is 23.8 Å². The van der Waals surface area contributed by atoms with E-state index in [1.54, 1.807) is 36.8 Å². The Morgan fingerprint density at radius 3 is 2.44 bits per heavy atom. The number of ether oxygens (including phenoxy) is 3. The summed E-state index contributed by atoms with van der Waals surface area (Å²) in [7, 11) is 1.62. The summed E-state index contributed by atoms with van der Waals surface area (Å²) in [4.78, 5) is 29.8. The van der Waals surface area contributed by atoms with Crippen LogP contribution in [0.4, 0.5) is 5.69 Å². The van der Waals surface area contributed by atoms with Crippen LogP contribution in [0, 0.1) is 5.41 Å². The lowest BCUT2D eigenvalue weighted by Crippen LogP contribution is -2.36. The quantitative estimate of drug-likeness (QED) is 0.204. The number of amides is 1. The standard InChI is InChI=1S/C29H39ClN2O5S.ClH/c1-19(2)31(14-16-37-28(34)29(4,5)6)13-8-15-36-25-12-10-22(35-7)18-23(25)27-32(20(3)33)24-11-9-21(30)17-26(24)38-27;/h9-12,17-19,27H,8,13-16H2,1-7H3;1H. The van der Waals surface area contributed by atoms with E-state index in [1.165, 1.54) is 0 Å². The van der Waals surface area contributed by atoms with E-state index in [2.05, 4.69) is 18.7 Å². The van der Waals surface area contributed by atoms with Crippen molar-refractivity contribution >= 4 is 53.3 Å². The van der Waals surface area contributed by atoms with E-state index in [-0.39, 0.29) is 29.7 Å². The molecule has 7 nitrogen and oxygen atoms in total. The molecule has 39 heavy (non-hydrogen) atoms. The number of fused-ring (bicyclic) bond motifs is 1. The average molecular weight is 600 g/mol. The number of thioether (sulfide) groups is 1. The van der Waals surface area contributed by atoms with Crippen LogP contribution in [0.3, 0.4) is 0 Å². The molecule has 1 aliphatic heterocycles. The first-order valence-corrected chi connectivity index (χ1v) is 14.2. The molecule has 3 rings (SSSR count). The van der Waals surface area contributed by atoms with Crippen molar-refractivity contribution in [3.05, 3.63) is 47.0 Å². The Morgan fingerprint density at radius 2 is 1.82 bits per heavy atom. The summed E-state index contributed by atoms with van der Waals surface area (Å²) >= 11 is 7.80. The zero-order chi connectivity index (χ0) is 28.0. The third-order valence-corrected chi connectivity index (χ3v) is 7.78. The smallest absolute Gasteiger partial charge is 0.311 e. The summed E-state index contributed by atoms with van der Waals surface area (Å²) in [5.74, 6) is 1.16. The Balaban J connectivity index is 0.00000533. The van der Waals surface area contributed by atoms with Crippen LogP contribution < -0.4 is 14.4 Å². The summed E-state index contributed by atoms with van der Waals surface area (Å²) in [6.45, 7) is 13.7. The van der Waals surface area contributed by atoms with E-state index in [0.717, 1.165) is 29.1 Å². The van der Waals surface area contributed by atoms with E-state index in [1.807, 2.05) is 51.1 Å². The first-order chi connectivity index (χ1) is 17.9. The van der Waals surface area contributed by atoms with Crippen molar-refractivity contribution in [3.63, 3.8) is 0 Å². The molecule has 0 N–H and O–H groups in total. The second-order valence-electron chi connectivity index (χ2n) is 10.6. The van der Waals surface area contributed by atoms with Gasteiger partial charge in [-0.15, -0.1) is 12.4 Å². The van der Waals surface area contributed by atoms with Gasteiger partial charge in [-0.2, -0.15) is 0 Å². The molecule has 1 atom stereocenters. The molecule has 1 aliphatic rings. The maximum Gasteiger partial charge on any atom is 0.311 e. The number of esters is 1. The highest BCUT2D eigenvalue weighted by molar-refractivity contribution is 8.00. The van der Waals surface area contributed by atoms with Crippen LogP contribution in [0.25, 0.3) is 0 Å². The molecule has 0 aromatic heterocycles. The number of rotatable bonds is 11. The van der Waals surface area contributed by atoms with Crippen LogP contribution >= 0.6 is 35.8 Å². The molecule has 0 bridgehead atoms. The fourth-order valence-corrected chi connectivity index (χ4v) is 5.78. The molecule has 10 heteroatoms. The highest BCUT2D eigenvalue weighted by Gasteiger charge is 2.36. The number of hydrogen-bond acceptors (Lipinski definition) is 7. The number of nitrogens with zero attached hydrogens (tertiary/aromatic N) is 2. The molecule has 216 valence electrons. The van der Waals surface area contributed by atoms with Crippen LogP contribution in [-0.2, 0) is 14.3 Å². The van der Waals surface area contributed by atoms with Crippen LogP contribution in [0.2, 0.25) is 5.02 Å². The van der Waals surface area contributed by atoms with E-state index in [0.29, 0.717) is 42.3 Å². The Bertz CT molecular complexity index is 1140. The molecule has 0 fully saturated rings. The maximum atomic E-state index is 12.7. The minimum absolute atomic E-state index is 0. The molecule has 1 amide bonds. The molecule has 0 saturated heterocycles. The van der Waals surface area contributed by atoms with Gasteiger partial charge in [-0.05, 0) is 77.4 Å². The Kier molecular flexibility index (Phi) is 12.3. The number of halogens is 2. The lowest BCUT2D eigenvalue weighted by atomic mass is 9.97. The summed E-state index contributed by atoms with van der Waals surface area (Å²) in [5.41, 5.74) is 1.20. The third kappa shape index (κ3) is 8.68. The van der Waals surface area contributed by atoms with Crippen LogP contribution in [0.15, 0.2) is 41.3 Å². The fourth-order valence-electron chi connectivity index (χ4n) is 4.15. The summed E-state index contributed by atoms with van der Waals surface area (Å²) in [5, 5.41) is 0.334. The lowest BCUT2D eigenvalue weighted by Gasteiger charge is -2.27. The van der Waals surface area contributed by atoms with Crippen molar-refractivity contribution in [2.24, 2.45) is 5.41 Å². The molecule has 0 radical (unpaired) electrons. The molecular formula is C29H40Cl2N2O5S. The lowest BCUT2D eigenvalue weighted by molar-refractivity contribution is -0.153. The van der Waals surface area contributed by atoms with Gasteiger partial charge in [0.1, 0.15) is 23.5 Å². The molecule has 1 heterocycles. The molecule has 0 spiro atoms. The van der Waals surface area contributed by atoms with Gasteiger partial charge in [-0.25, -0.2) is 0 Å². The number of carbonyl (C=O) groups is 2. The van der Waals surface area contributed by atoms with Gasteiger partial charge in [-0.1, -0.05) is 23.4 Å². The van der Waals surface area contributed by atoms with E-state index in [9.17, 15) is 9.59 Å². The topological polar surface area (TPSA) is 68.3 Å². The number of hydrogen-bond donors (Lipinski definition) is 0. The molecular weight excluding hydrogens is 559 g/mol. The van der Waals surface area contributed by atoms with Crippen molar-refractivity contribution in [3.8, 4) is 11.5 Å². The highest BCUT2D eigenvalue weighted by Crippen LogP contribution is 2.54. The largest absolute Gasteiger partial charge is 0.497 e. The zero-order valence-electron chi connectivity index (χ0n) is 23.8. The fraction of sp³-hybridized carbons (Fsp3) is 0.517. The molecule has 0 saturated carbocycles. The third-order valence-electron chi connectivity index (χ3n) is 6.28. The predicted molar refractivity (Wildman–Crippen MR) is 161 cm³/mol. The molecule has 1 unspecified atom stereocenters. The Labute approximate surface area is 247 Å². The van der Waals surface area contributed by atoms with E-state index >= 15 is 0 Å². The molecule has 2 aromatic rings. The van der Waals surface area contributed by atoms with Crippen molar-refractivity contribution in [1.29, 1.82) is 0 Å². The summed E-state index contributed by atoms with van der Waals surface area (Å²) in [6.07, 6.45) is 0.793. The predicted octanol–water partition coefficient (Wildman–Crippen LogP) is 7.00. The van der Waals surface area contributed by atoms with Gasteiger partial charge < -0.3 is 14.2 Å². The van der Waals surface area contributed by atoms with Gasteiger partial charge in [0.25, 0.3) is 0 Å². The van der Waals surface area contributed by atoms with Gasteiger partial charge >= 0.3 is 5.97 Å². The minimum atomic E-state index is -0.504.